The van der Waals surface area contributed by atoms with E-state index in [0.29, 0.717) is 17.6 Å². The van der Waals surface area contributed by atoms with Gasteiger partial charge in [-0.1, -0.05) is 13.0 Å². The molecule has 2 heteroatoms. The summed E-state index contributed by atoms with van der Waals surface area (Å²) >= 11 is 0. The Hall–Kier alpha value is -1.02. The van der Waals surface area contributed by atoms with E-state index in [4.69, 9.17) is 0 Å². The van der Waals surface area contributed by atoms with E-state index in [1.807, 2.05) is 12.1 Å². The largest absolute Gasteiger partial charge is 0.508 e. The molecule has 3 aliphatic rings. The molecule has 0 amide bonds. The fourth-order valence-corrected chi connectivity index (χ4v) is 5.81. The summed E-state index contributed by atoms with van der Waals surface area (Å²) in [6, 6.07) is 5.96. The van der Waals surface area contributed by atoms with Crippen LogP contribution < -0.4 is 0 Å². The zero-order valence-corrected chi connectivity index (χ0v) is 13.1. The molecule has 0 saturated heterocycles. The highest BCUT2D eigenvalue weighted by Crippen LogP contribution is 2.64. The molecule has 2 N–H and O–H groups in total. The van der Waals surface area contributed by atoms with Crippen molar-refractivity contribution in [1.82, 2.24) is 0 Å². The van der Waals surface area contributed by atoms with Gasteiger partial charge in [0.05, 0.1) is 5.60 Å². The molecule has 0 spiro atoms. The van der Waals surface area contributed by atoms with Crippen LogP contribution in [0.3, 0.4) is 0 Å². The minimum absolute atomic E-state index is 0.0998. The van der Waals surface area contributed by atoms with Crippen molar-refractivity contribution in [3.63, 3.8) is 0 Å². The lowest BCUT2D eigenvalue weighted by Gasteiger charge is -2.52. The highest BCUT2D eigenvalue weighted by atomic mass is 16.3. The third-order valence-corrected chi connectivity index (χ3v) is 7.27. The molecule has 0 aliphatic heterocycles. The van der Waals surface area contributed by atoms with Crippen molar-refractivity contribution < 1.29 is 10.2 Å². The molecule has 0 aromatic heterocycles. The number of aliphatic hydroxyl groups is 1. The van der Waals surface area contributed by atoms with E-state index in [9.17, 15) is 10.2 Å². The van der Waals surface area contributed by atoms with Crippen molar-refractivity contribution in [3.05, 3.63) is 29.3 Å². The molecule has 2 fully saturated rings. The Bertz CT molecular complexity index is 577. The Morgan fingerprint density at radius 1 is 1.10 bits per heavy atom. The van der Waals surface area contributed by atoms with E-state index in [1.165, 1.54) is 30.4 Å². The molecule has 4 rings (SSSR count). The Morgan fingerprint density at radius 2 is 1.90 bits per heavy atom. The van der Waals surface area contributed by atoms with Crippen molar-refractivity contribution >= 4 is 0 Å². The van der Waals surface area contributed by atoms with Crippen molar-refractivity contribution in [3.8, 4) is 5.75 Å². The summed E-state index contributed by atoms with van der Waals surface area (Å²) in [5.41, 5.74) is 2.43. The van der Waals surface area contributed by atoms with Gasteiger partial charge < -0.3 is 10.2 Å². The number of aryl methyl sites for hydroxylation is 1. The van der Waals surface area contributed by atoms with Gasteiger partial charge in [0.15, 0.2) is 0 Å². The average Bonchev–Trinajstić information content (AvgIpc) is 2.69. The number of phenols is 1. The molecule has 114 valence electrons. The second-order valence-electron chi connectivity index (χ2n) is 8.07. The molecule has 0 bridgehead atoms. The van der Waals surface area contributed by atoms with Gasteiger partial charge in [-0.3, -0.25) is 0 Å². The van der Waals surface area contributed by atoms with Gasteiger partial charge in [-0.25, -0.2) is 0 Å². The Labute approximate surface area is 127 Å². The van der Waals surface area contributed by atoms with Crippen LogP contribution in [0.5, 0.6) is 5.75 Å². The lowest BCUT2D eigenvalue weighted by Crippen LogP contribution is -2.49. The summed E-state index contributed by atoms with van der Waals surface area (Å²) in [5.74, 6) is 2.42. The first-order valence-electron chi connectivity index (χ1n) is 8.46. The normalized spacial score (nSPS) is 44.8. The van der Waals surface area contributed by atoms with Crippen LogP contribution in [0.25, 0.3) is 0 Å². The van der Waals surface area contributed by atoms with E-state index < -0.39 is 5.60 Å². The molecular weight excluding hydrogens is 260 g/mol. The second-order valence-corrected chi connectivity index (χ2v) is 8.07. The number of hydrogen-bond donors (Lipinski definition) is 2. The fourth-order valence-electron chi connectivity index (χ4n) is 5.81. The highest BCUT2D eigenvalue weighted by Gasteiger charge is 2.59. The number of fused-ring (bicyclic) bond motifs is 5. The molecule has 21 heavy (non-hydrogen) atoms. The van der Waals surface area contributed by atoms with Crippen LogP contribution in [0.1, 0.15) is 63.0 Å². The number of rotatable bonds is 0. The van der Waals surface area contributed by atoms with Crippen LogP contribution in [-0.4, -0.2) is 15.8 Å². The summed E-state index contributed by atoms with van der Waals surface area (Å²) in [4.78, 5) is 0. The molecule has 0 unspecified atom stereocenters. The van der Waals surface area contributed by atoms with Crippen molar-refractivity contribution in [2.45, 2.75) is 63.9 Å². The maximum Gasteiger partial charge on any atom is 0.115 e. The highest BCUT2D eigenvalue weighted by molar-refractivity contribution is 5.40. The summed E-state index contributed by atoms with van der Waals surface area (Å²) in [5, 5.41) is 20.5. The van der Waals surface area contributed by atoms with E-state index in [1.54, 1.807) is 0 Å². The van der Waals surface area contributed by atoms with Crippen LogP contribution >= 0.6 is 0 Å². The van der Waals surface area contributed by atoms with Crippen LogP contribution in [0.2, 0.25) is 0 Å². The number of hydrogen-bond acceptors (Lipinski definition) is 2. The van der Waals surface area contributed by atoms with Gasteiger partial charge in [0.1, 0.15) is 5.75 Å². The van der Waals surface area contributed by atoms with E-state index in [0.717, 1.165) is 25.2 Å². The predicted octanol–water partition coefficient (Wildman–Crippen LogP) is 4.00. The van der Waals surface area contributed by atoms with Crippen molar-refractivity contribution in [1.29, 1.82) is 0 Å². The summed E-state index contributed by atoms with van der Waals surface area (Å²) in [7, 11) is 0. The van der Waals surface area contributed by atoms with Gasteiger partial charge in [-0.2, -0.15) is 0 Å². The van der Waals surface area contributed by atoms with Gasteiger partial charge in [0.25, 0.3) is 0 Å². The summed E-state index contributed by atoms with van der Waals surface area (Å²) in [6.45, 7) is 4.38. The van der Waals surface area contributed by atoms with Crippen molar-refractivity contribution in [2.24, 2.45) is 17.3 Å². The quantitative estimate of drug-likeness (QED) is 0.757. The summed E-state index contributed by atoms with van der Waals surface area (Å²) < 4.78 is 0. The first-order chi connectivity index (χ1) is 9.92. The minimum atomic E-state index is -0.488. The number of phenolic OH excluding ortho intramolecular Hbond substituents is 1. The van der Waals surface area contributed by atoms with Crippen LogP contribution in [0, 0.1) is 17.3 Å². The first kappa shape index (κ1) is 13.6. The van der Waals surface area contributed by atoms with Crippen LogP contribution in [0.4, 0.5) is 0 Å². The molecular formula is C19H26O2. The Morgan fingerprint density at radius 3 is 2.71 bits per heavy atom. The third-order valence-electron chi connectivity index (χ3n) is 7.27. The smallest absolute Gasteiger partial charge is 0.115 e. The van der Waals surface area contributed by atoms with E-state index >= 15 is 0 Å². The first-order valence-corrected chi connectivity index (χ1v) is 8.46. The molecule has 2 saturated carbocycles. The van der Waals surface area contributed by atoms with Crippen LogP contribution in [-0.2, 0) is 6.42 Å². The van der Waals surface area contributed by atoms with E-state index in [2.05, 4.69) is 19.9 Å². The van der Waals surface area contributed by atoms with Crippen LogP contribution in [0.15, 0.2) is 18.2 Å². The molecule has 1 aromatic carbocycles. The average molecular weight is 286 g/mol. The maximum absolute atomic E-state index is 10.8. The topological polar surface area (TPSA) is 40.5 Å². The van der Waals surface area contributed by atoms with Gasteiger partial charge in [-0.15, -0.1) is 0 Å². The second kappa shape index (κ2) is 4.25. The number of aromatic hydroxyl groups is 1. The van der Waals surface area contributed by atoms with Gasteiger partial charge in [0, 0.05) is 0 Å². The molecule has 0 heterocycles. The lowest BCUT2D eigenvalue weighted by atomic mass is 9.53. The Balaban J connectivity index is 1.72. The SMILES string of the molecule is C[C@]1(O)CC[C@@H]2[C@@H]3CCc4cc(O)ccc4[C@H]3CC[C@]21C. The van der Waals surface area contributed by atoms with Crippen molar-refractivity contribution in [2.75, 3.05) is 0 Å². The zero-order chi connectivity index (χ0) is 14.8. The third kappa shape index (κ3) is 1.75. The van der Waals surface area contributed by atoms with E-state index in [-0.39, 0.29) is 5.41 Å². The zero-order valence-electron chi connectivity index (χ0n) is 13.1. The maximum atomic E-state index is 10.8. The molecule has 1 aromatic rings. The van der Waals surface area contributed by atoms with Gasteiger partial charge in [-0.05, 0) is 91.9 Å². The molecule has 2 nitrogen and oxygen atoms in total. The number of benzene rings is 1. The predicted molar refractivity (Wildman–Crippen MR) is 83.3 cm³/mol. The van der Waals surface area contributed by atoms with Gasteiger partial charge in [0.2, 0.25) is 0 Å². The monoisotopic (exact) mass is 286 g/mol. The summed E-state index contributed by atoms with van der Waals surface area (Å²) in [6.07, 6.45) is 6.76. The Kier molecular flexibility index (Phi) is 2.76. The lowest BCUT2D eigenvalue weighted by molar-refractivity contribution is -0.0901. The standard InChI is InChI=1S/C19H26O2/c1-18-9-7-15-14-6-4-13(20)11-12(14)3-5-16(15)17(18)8-10-19(18,2)21/h4,6,11,15-17,20-21H,3,5,7-10H2,1-2H3/t15-,16-,17-,18-,19+/m1/s1. The molecule has 5 atom stereocenters. The fraction of sp³-hybridized carbons (Fsp3) is 0.684. The van der Waals surface area contributed by atoms with Gasteiger partial charge >= 0.3 is 0 Å². The molecule has 0 radical (unpaired) electrons. The minimum Gasteiger partial charge on any atom is -0.508 e. The molecule has 3 aliphatic carbocycles.